The zero-order chi connectivity index (χ0) is 14.3. The zero-order valence-corrected chi connectivity index (χ0v) is 10.9. The summed E-state index contributed by atoms with van der Waals surface area (Å²) in [4.78, 5) is 0.143. The topological polar surface area (TPSA) is 46.2 Å². The highest BCUT2D eigenvalue weighted by Gasteiger charge is 2.24. The summed E-state index contributed by atoms with van der Waals surface area (Å²) in [6.45, 7) is 0. The van der Waals surface area contributed by atoms with Gasteiger partial charge in [0.2, 0.25) is 9.84 Å². The molecule has 0 aromatic heterocycles. The lowest BCUT2D eigenvalue weighted by molar-refractivity contribution is 0.509. The number of halogens is 2. The van der Waals surface area contributed by atoms with Crippen LogP contribution in [-0.4, -0.2) is 8.42 Å². The van der Waals surface area contributed by atoms with Crippen LogP contribution in [0.4, 0.5) is 20.2 Å². The Kier molecular flexibility index (Phi) is 2.83. The summed E-state index contributed by atoms with van der Waals surface area (Å²) in [5.74, 6) is -1.95. The van der Waals surface area contributed by atoms with E-state index in [1.165, 1.54) is 12.1 Å². The van der Waals surface area contributed by atoms with Gasteiger partial charge in [-0.25, -0.2) is 17.2 Å². The van der Waals surface area contributed by atoms with Gasteiger partial charge in [0, 0.05) is 17.2 Å². The lowest BCUT2D eigenvalue weighted by Gasteiger charge is -2.11. The Morgan fingerprint density at radius 2 is 1.80 bits per heavy atom. The average Bonchev–Trinajstić information content (AvgIpc) is 2.71. The van der Waals surface area contributed by atoms with Gasteiger partial charge in [-0.15, -0.1) is 0 Å². The van der Waals surface area contributed by atoms with Gasteiger partial charge in [-0.05, 0) is 29.8 Å². The molecule has 3 rings (SSSR count). The fourth-order valence-electron chi connectivity index (χ4n) is 2.06. The first-order valence-electron chi connectivity index (χ1n) is 5.76. The number of anilines is 2. The molecule has 6 heteroatoms. The van der Waals surface area contributed by atoms with Crippen LogP contribution >= 0.6 is 0 Å². The van der Waals surface area contributed by atoms with E-state index >= 15 is 0 Å². The summed E-state index contributed by atoms with van der Waals surface area (Å²) < 4.78 is 49.9. The van der Waals surface area contributed by atoms with Gasteiger partial charge in [0.05, 0.1) is 5.69 Å². The van der Waals surface area contributed by atoms with Crippen LogP contribution in [0, 0.1) is 11.6 Å². The number of benzene rings is 2. The first-order chi connectivity index (χ1) is 9.47. The second-order valence-corrected chi connectivity index (χ2v) is 6.10. The van der Waals surface area contributed by atoms with E-state index in [1.54, 1.807) is 18.2 Å². The fraction of sp³-hybridized carbons (Fsp3) is 0. The maximum absolute atomic E-state index is 13.2. The Hall–Kier alpha value is -2.21. The van der Waals surface area contributed by atoms with Crippen LogP contribution in [-0.2, 0) is 9.84 Å². The smallest absolute Gasteiger partial charge is 0.202 e. The minimum Gasteiger partial charge on any atom is -0.354 e. The number of nitrogens with one attached hydrogen (secondary N) is 1. The average molecular weight is 293 g/mol. The molecule has 102 valence electrons. The fourth-order valence-corrected chi connectivity index (χ4v) is 3.41. The predicted molar refractivity (Wildman–Crippen MR) is 72.3 cm³/mol. The van der Waals surface area contributed by atoms with Crippen LogP contribution in [0.15, 0.2) is 46.7 Å². The molecule has 0 saturated heterocycles. The van der Waals surface area contributed by atoms with E-state index in [0.717, 1.165) is 17.5 Å². The molecule has 0 amide bonds. The minimum absolute atomic E-state index is 0.143. The third-order valence-electron chi connectivity index (χ3n) is 2.96. The molecule has 1 aliphatic heterocycles. The van der Waals surface area contributed by atoms with Crippen molar-refractivity contribution >= 4 is 27.3 Å². The van der Waals surface area contributed by atoms with Gasteiger partial charge >= 0.3 is 0 Å². The molecule has 0 bridgehead atoms. The van der Waals surface area contributed by atoms with Crippen molar-refractivity contribution in [3.05, 3.63) is 59.0 Å². The normalized spacial score (nSPS) is 15.1. The van der Waals surface area contributed by atoms with Gasteiger partial charge in [0.1, 0.15) is 4.90 Å². The summed E-state index contributed by atoms with van der Waals surface area (Å²) in [6, 6.07) is 8.23. The maximum Gasteiger partial charge on any atom is 0.202 e. The van der Waals surface area contributed by atoms with E-state index in [0.29, 0.717) is 11.3 Å². The molecule has 2 aromatic carbocycles. The lowest BCUT2D eigenvalue weighted by Crippen LogP contribution is -2.01. The molecule has 0 atom stereocenters. The van der Waals surface area contributed by atoms with Crippen LogP contribution in [0.25, 0.3) is 6.08 Å². The molecule has 3 nitrogen and oxygen atoms in total. The summed E-state index contributed by atoms with van der Waals surface area (Å²) in [7, 11) is -3.49. The quantitative estimate of drug-likeness (QED) is 0.922. The number of hydrogen-bond donors (Lipinski definition) is 1. The highest BCUT2D eigenvalue weighted by Crippen LogP contribution is 2.34. The van der Waals surface area contributed by atoms with Crippen molar-refractivity contribution in [2.45, 2.75) is 4.90 Å². The maximum atomic E-state index is 13.2. The Labute approximate surface area is 114 Å². The molecule has 0 radical (unpaired) electrons. The second kappa shape index (κ2) is 4.42. The Bertz CT molecular complexity index is 829. The first kappa shape index (κ1) is 12.8. The molecule has 2 aromatic rings. The van der Waals surface area contributed by atoms with Crippen LogP contribution in [0.3, 0.4) is 0 Å². The molecular weight excluding hydrogens is 284 g/mol. The number of sulfone groups is 1. The highest BCUT2D eigenvalue weighted by atomic mass is 32.2. The van der Waals surface area contributed by atoms with Gasteiger partial charge in [-0.1, -0.05) is 12.1 Å². The summed E-state index contributed by atoms with van der Waals surface area (Å²) in [6.07, 6.45) is 1.50. The third kappa shape index (κ3) is 2.08. The third-order valence-corrected chi connectivity index (χ3v) is 4.47. The molecule has 0 saturated carbocycles. The van der Waals surface area contributed by atoms with Gasteiger partial charge in [-0.2, -0.15) is 0 Å². The Morgan fingerprint density at radius 3 is 2.55 bits per heavy atom. The zero-order valence-electron chi connectivity index (χ0n) is 10.1. The van der Waals surface area contributed by atoms with Crippen molar-refractivity contribution < 1.29 is 17.2 Å². The molecule has 1 heterocycles. The Balaban J connectivity index is 2.05. The van der Waals surface area contributed by atoms with E-state index in [9.17, 15) is 17.2 Å². The van der Waals surface area contributed by atoms with Crippen molar-refractivity contribution in [2.75, 3.05) is 5.32 Å². The van der Waals surface area contributed by atoms with Gasteiger partial charge in [-0.3, -0.25) is 0 Å². The van der Waals surface area contributed by atoms with Crippen molar-refractivity contribution in [3.8, 4) is 0 Å². The van der Waals surface area contributed by atoms with Crippen LogP contribution in [0.1, 0.15) is 5.56 Å². The molecule has 20 heavy (non-hydrogen) atoms. The summed E-state index contributed by atoms with van der Waals surface area (Å²) in [5.41, 5.74) is 1.18. The molecule has 0 unspecified atom stereocenters. The molecule has 1 N–H and O–H groups in total. The van der Waals surface area contributed by atoms with E-state index in [4.69, 9.17) is 0 Å². The molecule has 1 aliphatic rings. The number of rotatable bonds is 2. The number of hydrogen-bond acceptors (Lipinski definition) is 3. The van der Waals surface area contributed by atoms with Gasteiger partial charge in [0.15, 0.2) is 11.6 Å². The minimum atomic E-state index is -3.49. The van der Waals surface area contributed by atoms with E-state index in [1.807, 2.05) is 0 Å². The standard InChI is InChI=1S/C14H9F2NO2S/c15-11-5-4-10(8-12(11)16)17-13-3-1-2-9-6-7-20(18,19)14(9)13/h1-8,17H. The van der Waals surface area contributed by atoms with Crippen LogP contribution in [0.5, 0.6) is 0 Å². The molecule has 0 fully saturated rings. The van der Waals surface area contributed by atoms with Crippen LogP contribution in [0.2, 0.25) is 0 Å². The van der Waals surface area contributed by atoms with Crippen molar-refractivity contribution in [1.82, 2.24) is 0 Å². The van der Waals surface area contributed by atoms with Crippen molar-refractivity contribution in [3.63, 3.8) is 0 Å². The number of fused-ring (bicyclic) bond motifs is 1. The molecule has 0 spiro atoms. The van der Waals surface area contributed by atoms with Crippen LogP contribution < -0.4 is 5.32 Å². The lowest BCUT2D eigenvalue weighted by atomic mass is 10.2. The first-order valence-corrected chi connectivity index (χ1v) is 7.30. The predicted octanol–water partition coefficient (Wildman–Crippen LogP) is 3.47. The molecule has 0 aliphatic carbocycles. The monoisotopic (exact) mass is 293 g/mol. The van der Waals surface area contributed by atoms with Crippen molar-refractivity contribution in [1.29, 1.82) is 0 Å². The van der Waals surface area contributed by atoms with Gasteiger partial charge in [0.25, 0.3) is 0 Å². The van der Waals surface area contributed by atoms with Gasteiger partial charge < -0.3 is 5.32 Å². The van der Waals surface area contributed by atoms with E-state index in [-0.39, 0.29) is 10.6 Å². The molecular formula is C14H9F2NO2S. The second-order valence-electron chi connectivity index (χ2n) is 4.33. The Morgan fingerprint density at radius 1 is 1.00 bits per heavy atom. The summed E-state index contributed by atoms with van der Waals surface area (Å²) in [5, 5.41) is 3.92. The van der Waals surface area contributed by atoms with Crippen molar-refractivity contribution in [2.24, 2.45) is 0 Å². The summed E-state index contributed by atoms with van der Waals surface area (Å²) >= 11 is 0. The highest BCUT2D eigenvalue weighted by molar-refractivity contribution is 7.95. The largest absolute Gasteiger partial charge is 0.354 e. The van der Waals surface area contributed by atoms with E-state index < -0.39 is 21.5 Å². The SMILES string of the molecule is O=S1(=O)C=Cc2cccc(Nc3ccc(F)c(F)c3)c21. The van der Waals surface area contributed by atoms with E-state index in [2.05, 4.69) is 5.32 Å².